The van der Waals surface area contributed by atoms with E-state index in [1.807, 2.05) is 0 Å². The zero-order chi connectivity index (χ0) is 15.0. The number of carbonyl (C=O) groups excluding carboxylic acids is 2. The lowest BCUT2D eigenvalue weighted by Crippen LogP contribution is -2.35. The Morgan fingerprint density at radius 1 is 1.40 bits per heavy atom. The molecule has 0 saturated carbocycles. The SMILES string of the molecule is COCCCNC(=O)C(C#N)C(=O)c1ccc(Cl)cc1. The molecule has 0 bridgehead atoms. The predicted octanol–water partition coefficient (Wildman–Crippen LogP) is 1.82. The van der Waals surface area contributed by atoms with Gasteiger partial charge in [0.05, 0.1) is 6.07 Å². The third kappa shape index (κ3) is 4.65. The van der Waals surface area contributed by atoms with Crippen LogP contribution >= 0.6 is 11.6 Å². The quantitative estimate of drug-likeness (QED) is 0.472. The van der Waals surface area contributed by atoms with Crippen LogP contribution < -0.4 is 5.32 Å². The summed E-state index contributed by atoms with van der Waals surface area (Å²) in [6, 6.07) is 7.80. The predicted molar refractivity (Wildman–Crippen MR) is 74.4 cm³/mol. The van der Waals surface area contributed by atoms with Gasteiger partial charge in [-0.25, -0.2) is 0 Å². The van der Waals surface area contributed by atoms with Gasteiger partial charge in [0, 0.05) is 30.8 Å². The molecule has 0 aliphatic heterocycles. The third-order valence-electron chi connectivity index (χ3n) is 2.61. The largest absolute Gasteiger partial charge is 0.385 e. The maximum atomic E-state index is 12.1. The number of rotatable bonds is 7. The summed E-state index contributed by atoms with van der Waals surface area (Å²) in [4.78, 5) is 23.9. The number of nitriles is 1. The average Bonchev–Trinajstić information content (AvgIpc) is 2.45. The molecule has 1 aromatic rings. The zero-order valence-electron chi connectivity index (χ0n) is 11.1. The van der Waals surface area contributed by atoms with Crippen LogP contribution in [0.2, 0.25) is 5.02 Å². The first-order chi connectivity index (χ1) is 9.60. The van der Waals surface area contributed by atoms with Gasteiger partial charge < -0.3 is 10.1 Å². The fourth-order valence-corrected chi connectivity index (χ4v) is 1.67. The summed E-state index contributed by atoms with van der Waals surface area (Å²) in [7, 11) is 1.56. The van der Waals surface area contributed by atoms with Gasteiger partial charge in [-0.05, 0) is 30.7 Å². The zero-order valence-corrected chi connectivity index (χ0v) is 11.8. The molecule has 0 heterocycles. The molecular weight excluding hydrogens is 280 g/mol. The Balaban J connectivity index is 2.65. The van der Waals surface area contributed by atoms with Crippen molar-refractivity contribution in [2.75, 3.05) is 20.3 Å². The molecule has 0 aromatic heterocycles. The highest BCUT2D eigenvalue weighted by molar-refractivity contribution is 6.30. The summed E-state index contributed by atoms with van der Waals surface area (Å²) in [5.41, 5.74) is 0.285. The van der Waals surface area contributed by atoms with Crippen LogP contribution in [0.15, 0.2) is 24.3 Å². The van der Waals surface area contributed by atoms with Gasteiger partial charge in [0.2, 0.25) is 5.91 Å². The van der Waals surface area contributed by atoms with Crippen LogP contribution in [0.25, 0.3) is 0 Å². The molecule has 1 rings (SSSR count). The lowest BCUT2D eigenvalue weighted by atomic mass is 9.98. The Morgan fingerprint density at radius 3 is 2.60 bits per heavy atom. The number of benzene rings is 1. The molecule has 1 aromatic carbocycles. The van der Waals surface area contributed by atoms with Crippen LogP contribution in [0.5, 0.6) is 0 Å². The normalized spacial score (nSPS) is 11.4. The Kier molecular flexibility index (Phi) is 6.71. The molecule has 6 heteroatoms. The van der Waals surface area contributed by atoms with Crippen molar-refractivity contribution in [3.05, 3.63) is 34.9 Å². The number of amides is 1. The highest BCUT2D eigenvalue weighted by Crippen LogP contribution is 2.13. The lowest BCUT2D eigenvalue weighted by Gasteiger charge is -2.09. The molecule has 1 atom stereocenters. The average molecular weight is 295 g/mol. The van der Waals surface area contributed by atoms with Crippen molar-refractivity contribution in [2.24, 2.45) is 5.92 Å². The highest BCUT2D eigenvalue weighted by atomic mass is 35.5. The monoisotopic (exact) mass is 294 g/mol. The molecule has 1 unspecified atom stereocenters. The summed E-state index contributed by atoms with van der Waals surface area (Å²) < 4.78 is 4.84. The molecule has 1 amide bonds. The number of nitrogens with zero attached hydrogens (tertiary/aromatic N) is 1. The number of carbonyl (C=O) groups is 2. The van der Waals surface area contributed by atoms with Gasteiger partial charge in [-0.3, -0.25) is 9.59 Å². The number of ether oxygens (including phenoxy) is 1. The van der Waals surface area contributed by atoms with Crippen molar-refractivity contribution in [3.8, 4) is 6.07 Å². The van der Waals surface area contributed by atoms with Crippen LogP contribution in [-0.2, 0) is 9.53 Å². The van der Waals surface area contributed by atoms with E-state index in [9.17, 15) is 9.59 Å². The minimum atomic E-state index is -1.35. The van der Waals surface area contributed by atoms with Crippen molar-refractivity contribution in [1.29, 1.82) is 5.26 Å². The van der Waals surface area contributed by atoms with E-state index >= 15 is 0 Å². The molecule has 0 aliphatic carbocycles. The van der Waals surface area contributed by atoms with Crippen molar-refractivity contribution in [3.63, 3.8) is 0 Å². The topological polar surface area (TPSA) is 79.2 Å². The van der Waals surface area contributed by atoms with E-state index in [0.717, 1.165) is 0 Å². The maximum Gasteiger partial charge on any atom is 0.245 e. The molecule has 20 heavy (non-hydrogen) atoms. The van der Waals surface area contributed by atoms with Crippen molar-refractivity contribution in [2.45, 2.75) is 6.42 Å². The standard InChI is InChI=1S/C14H15ClN2O3/c1-20-8-2-7-17-14(19)12(9-16)13(18)10-3-5-11(15)6-4-10/h3-6,12H,2,7-8H2,1H3,(H,17,19). The summed E-state index contributed by atoms with van der Waals surface area (Å²) in [6.45, 7) is 0.862. The molecule has 0 saturated heterocycles. The van der Waals surface area contributed by atoms with Gasteiger partial charge in [-0.1, -0.05) is 11.6 Å². The fourth-order valence-electron chi connectivity index (χ4n) is 1.55. The Hall–Kier alpha value is -1.90. The van der Waals surface area contributed by atoms with Crippen molar-refractivity contribution < 1.29 is 14.3 Å². The van der Waals surface area contributed by atoms with Gasteiger partial charge in [0.1, 0.15) is 0 Å². The van der Waals surface area contributed by atoms with Gasteiger partial charge in [-0.15, -0.1) is 0 Å². The van der Waals surface area contributed by atoms with Crippen molar-refractivity contribution in [1.82, 2.24) is 5.32 Å². The van der Waals surface area contributed by atoms with Gasteiger partial charge in [-0.2, -0.15) is 5.26 Å². The van der Waals surface area contributed by atoms with Crippen LogP contribution in [0.3, 0.4) is 0 Å². The second-order valence-electron chi connectivity index (χ2n) is 4.07. The number of Topliss-reactive ketones (excluding diaryl/α,β-unsaturated/α-hetero) is 1. The molecule has 0 fully saturated rings. The first-order valence-corrected chi connectivity index (χ1v) is 6.44. The van der Waals surface area contributed by atoms with E-state index in [-0.39, 0.29) is 5.56 Å². The first-order valence-electron chi connectivity index (χ1n) is 6.06. The maximum absolute atomic E-state index is 12.1. The molecule has 0 radical (unpaired) electrons. The number of halogens is 1. The molecule has 1 N–H and O–H groups in total. The number of hydrogen-bond acceptors (Lipinski definition) is 4. The summed E-state index contributed by atoms with van der Waals surface area (Å²) in [6.07, 6.45) is 0.621. The van der Waals surface area contributed by atoms with Crippen LogP contribution in [0, 0.1) is 17.2 Å². The van der Waals surface area contributed by atoms with E-state index in [2.05, 4.69) is 5.32 Å². The molecule has 106 valence electrons. The smallest absolute Gasteiger partial charge is 0.245 e. The molecule has 0 aliphatic rings. The molecule has 5 nitrogen and oxygen atoms in total. The number of ketones is 1. The Labute approximate surface area is 122 Å². The van der Waals surface area contributed by atoms with Crippen LogP contribution in [-0.4, -0.2) is 32.0 Å². The first kappa shape index (κ1) is 16.2. The minimum absolute atomic E-state index is 0.285. The Morgan fingerprint density at radius 2 is 2.05 bits per heavy atom. The van der Waals surface area contributed by atoms with E-state index in [4.69, 9.17) is 21.6 Å². The number of hydrogen-bond donors (Lipinski definition) is 1. The van der Waals surface area contributed by atoms with Gasteiger partial charge >= 0.3 is 0 Å². The van der Waals surface area contributed by atoms with E-state index < -0.39 is 17.6 Å². The lowest BCUT2D eigenvalue weighted by molar-refractivity contribution is -0.122. The second-order valence-corrected chi connectivity index (χ2v) is 4.51. The fraction of sp³-hybridized carbons (Fsp3) is 0.357. The van der Waals surface area contributed by atoms with Gasteiger partial charge in [0.25, 0.3) is 0 Å². The van der Waals surface area contributed by atoms with Gasteiger partial charge in [0.15, 0.2) is 11.7 Å². The Bertz CT molecular complexity index is 508. The summed E-state index contributed by atoms with van der Waals surface area (Å²) in [5.74, 6) is -2.48. The summed E-state index contributed by atoms with van der Waals surface area (Å²) >= 11 is 5.72. The second kappa shape index (κ2) is 8.31. The van der Waals surface area contributed by atoms with E-state index in [1.165, 1.54) is 12.1 Å². The van der Waals surface area contributed by atoms with E-state index in [1.54, 1.807) is 25.3 Å². The highest BCUT2D eigenvalue weighted by Gasteiger charge is 2.27. The third-order valence-corrected chi connectivity index (χ3v) is 2.86. The molecular formula is C14H15ClN2O3. The molecule has 0 spiro atoms. The van der Waals surface area contributed by atoms with E-state index in [0.29, 0.717) is 24.6 Å². The minimum Gasteiger partial charge on any atom is -0.385 e. The van der Waals surface area contributed by atoms with Crippen LogP contribution in [0.4, 0.5) is 0 Å². The van der Waals surface area contributed by atoms with Crippen LogP contribution in [0.1, 0.15) is 16.8 Å². The van der Waals surface area contributed by atoms with Crippen molar-refractivity contribution >= 4 is 23.3 Å². The number of methoxy groups -OCH3 is 1. The summed E-state index contributed by atoms with van der Waals surface area (Å²) in [5, 5.41) is 12.0. The number of nitrogens with one attached hydrogen (secondary N) is 1.